The van der Waals surface area contributed by atoms with Gasteiger partial charge in [0.25, 0.3) is 0 Å². The first-order valence-electron chi connectivity index (χ1n) is 10.3. The summed E-state index contributed by atoms with van der Waals surface area (Å²) in [6.07, 6.45) is 1.65. The molecule has 2 aliphatic rings. The van der Waals surface area contributed by atoms with Crippen molar-refractivity contribution in [2.24, 2.45) is 18.4 Å². The Kier molecular flexibility index (Phi) is 5.22. The number of carbonyl (C=O) groups is 1. The number of sulfonamides is 1. The van der Waals surface area contributed by atoms with Crippen molar-refractivity contribution in [3.05, 3.63) is 47.5 Å². The van der Waals surface area contributed by atoms with Gasteiger partial charge in [-0.2, -0.15) is 0 Å². The summed E-state index contributed by atoms with van der Waals surface area (Å²) < 4.78 is 29.4. The molecule has 1 amide bonds. The third-order valence-corrected chi connectivity index (χ3v) is 8.10. The first kappa shape index (κ1) is 21.0. The second-order valence-electron chi connectivity index (χ2n) is 9.10. The van der Waals surface area contributed by atoms with Crippen LogP contribution in [0.1, 0.15) is 36.7 Å². The lowest BCUT2D eigenvalue weighted by Crippen LogP contribution is -2.61. The Morgan fingerprint density at radius 2 is 1.87 bits per heavy atom. The molecule has 0 N–H and O–H groups in total. The molecule has 0 bridgehead atoms. The zero-order valence-corrected chi connectivity index (χ0v) is 18.8. The second kappa shape index (κ2) is 7.46. The number of likely N-dealkylation sites (tertiary alicyclic amines) is 1. The van der Waals surface area contributed by atoms with E-state index in [0.717, 1.165) is 17.0 Å². The molecule has 2 aliphatic heterocycles. The predicted octanol–water partition coefficient (Wildman–Crippen LogP) is 1.54. The number of nitrogens with zero attached hydrogens (tertiary/aromatic N) is 5. The van der Waals surface area contributed by atoms with E-state index in [4.69, 9.17) is 0 Å². The predicted molar refractivity (Wildman–Crippen MR) is 113 cm³/mol. The van der Waals surface area contributed by atoms with Crippen molar-refractivity contribution in [2.45, 2.75) is 32.4 Å². The van der Waals surface area contributed by atoms with Crippen LogP contribution in [0.5, 0.6) is 0 Å². The van der Waals surface area contributed by atoms with E-state index in [2.05, 4.69) is 10.2 Å². The Morgan fingerprint density at radius 3 is 2.43 bits per heavy atom. The standard InChI is InChI=1S/C21H29N5O3S/c1-15(2)20(27)25-9-18(19-23-22-14-24(19)4)21(11-25)12-26(13-21)30(28,29)10-17-7-5-16(3)6-8-17/h5-8,14-15,18H,9-13H2,1-4H3. The van der Waals surface area contributed by atoms with Crippen LogP contribution in [0.3, 0.4) is 0 Å². The van der Waals surface area contributed by atoms with Gasteiger partial charge in [0.2, 0.25) is 15.9 Å². The first-order chi connectivity index (χ1) is 14.1. The van der Waals surface area contributed by atoms with Crippen LogP contribution in [-0.2, 0) is 27.6 Å². The van der Waals surface area contributed by atoms with Crippen LogP contribution in [0.25, 0.3) is 0 Å². The maximum Gasteiger partial charge on any atom is 0.225 e. The summed E-state index contributed by atoms with van der Waals surface area (Å²) in [5, 5.41) is 8.29. The molecule has 4 rings (SSSR count). The van der Waals surface area contributed by atoms with Gasteiger partial charge in [-0.05, 0) is 12.5 Å². The molecule has 2 fully saturated rings. The number of carbonyl (C=O) groups excluding carboxylic acids is 1. The Balaban J connectivity index is 1.55. The molecule has 1 unspecified atom stereocenters. The Morgan fingerprint density at radius 1 is 1.20 bits per heavy atom. The molecule has 1 aromatic carbocycles. The van der Waals surface area contributed by atoms with E-state index in [1.54, 1.807) is 10.6 Å². The minimum Gasteiger partial charge on any atom is -0.341 e. The minimum atomic E-state index is -3.42. The zero-order chi connectivity index (χ0) is 21.7. The first-order valence-corrected chi connectivity index (χ1v) is 11.9. The van der Waals surface area contributed by atoms with Gasteiger partial charge in [0.1, 0.15) is 12.2 Å². The van der Waals surface area contributed by atoms with Crippen LogP contribution in [0.4, 0.5) is 0 Å². The average Bonchev–Trinajstić information content (AvgIpc) is 3.24. The normalized spacial score (nSPS) is 21.4. The van der Waals surface area contributed by atoms with E-state index in [0.29, 0.717) is 26.2 Å². The van der Waals surface area contributed by atoms with Crippen molar-refractivity contribution in [3.63, 3.8) is 0 Å². The Hall–Kier alpha value is -2.26. The van der Waals surface area contributed by atoms with Crippen molar-refractivity contribution in [1.82, 2.24) is 24.0 Å². The summed E-state index contributed by atoms with van der Waals surface area (Å²) in [5.41, 5.74) is 1.58. The summed E-state index contributed by atoms with van der Waals surface area (Å²) in [4.78, 5) is 14.5. The van der Waals surface area contributed by atoms with Crippen molar-refractivity contribution in [2.75, 3.05) is 26.2 Å². The minimum absolute atomic E-state index is 0.00732. The monoisotopic (exact) mass is 431 g/mol. The highest BCUT2D eigenvalue weighted by Gasteiger charge is 2.59. The molecule has 2 aromatic rings. The van der Waals surface area contributed by atoms with Crippen molar-refractivity contribution in [1.29, 1.82) is 0 Å². The molecular weight excluding hydrogens is 402 g/mol. The van der Waals surface area contributed by atoms with Gasteiger partial charge < -0.3 is 9.47 Å². The van der Waals surface area contributed by atoms with Crippen LogP contribution in [0.2, 0.25) is 0 Å². The lowest BCUT2D eigenvalue weighted by molar-refractivity contribution is -0.134. The Bertz CT molecular complexity index is 1040. The molecule has 9 heteroatoms. The Labute approximate surface area is 177 Å². The molecule has 30 heavy (non-hydrogen) atoms. The molecule has 3 heterocycles. The quantitative estimate of drug-likeness (QED) is 0.717. The third kappa shape index (κ3) is 3.65. The van der Waals surface area contributed by atoms with E-state index >= 15 is 0 Å². The highest BCUT2D eigenvalue weighted by molar-refractivity contribution is 7.88. The SMILES string of the molecule is Cc1ccc(CS(=O)(=O)N2CC3(CN(C(=O)C(C)C)CC3c3nncn3C)C2)cc1. The number of amides is 1. The van der Waals surface area contributed by atoms with Gasteiger partial charge in [0, 0.05) is 50.5 Å². The van der Waals surface area contributed by atoms with Gasteiger partial charge in [0.15, 0.2) is 0 Å². The maximum atomic E-state index is 13.0. The smallest absolute Gasteiger partial charge is 0.225 e. The summed E-state index contributed by atoms with van der Waals surface area (Å²) in [7, 11) is -1.53. The van der Waals surface area contributed by atoms with Gasteiger partial charge in [-0.15, -0.1) is 10.2 Å². The number of aryl methyl sites for hydroxylation is 2. The van der Waals surface area contributed by atoms with E-state index < -0.39 is 10.0 Å². The highest BCUT2D eigenvalue weighted by Crippen LogP contribution is 2.49. The van der Waals surface area contributed by atoms with Crippen LogP contribution in [-0.4, -0.2) is 64.5 Å². The zero-order valence-electron chi connectivity index (χ0n) is 17.9. The van der Waals surface area contributed by atoms with Gasteiger partial charge >= 0.3 is 0 Å². The van der Waals surface area contributed by atoms with Crippen molar-refractivity contribution >= 4 is 15.9 Å². The van der Waals surface area contributed by atoms with Gasteiger partial charge in [-0.25, -0.2) is 12.7 Å². The molecule has 1 spiro atoms. The summed E-state index contributed by atoms with van der Waals surface area (Å²) in [6, 6.07) is 7.59. The number of hydrogen-bond acceptors (Lipinski definition) is 5. The van der Waals surface area contributed by atoms with Crippen molar-refractivity contribution in [3.8, 4) is 0 Å². The van der Waals surface area contributed by atoms with Crippen LogP contribution in [0.15, 0.2) is 30.6 Å². The van der Waals surface area contributed by atoms with E-state index in [1.165, 1.54) is 0 Å². The molecule has 162 valence electrons. The highest BCUT2D eigenvalue weighted by atomic mass is 32.2. The van der Waals surface area contributed by atoms with Gasteiger partial charge in [-0.1, -0.05) is 43.7 Å². The van der Waals surface area contributed by atoms with Gasteiger partial charge in [-0.3, -0.25) is 4.79 Å². The second-order valence-corrected chi connectivity index (χ2v) is 11.1. The van der Waals surface area contributed by atoms with E-state index in [-0.39, 0.29) is 28.9 Å². The topological polar surface area (TPSA) is 88.4 Å². The molecule has 2 saturated heterocycles. The molecular formula is C21H29N5O3S. The summed E-state index contributed by atoms with van der Waals surface area (Å²) in [6.45, 7) is 7.68. The number of aromatic nitrogens is 3. The fourth-order valence-electron chi connectivity index (χ4n) is 4.62. The van der Waals surface area contributed by atoms with E-state index in [1.807, 2.05) is 61.6 Å². The van der Waals surface area contributed by atoms with Crippen LogP contribution >= 0.6 is 0 Å². The summed E-state index contributed by atoms with van der Waals surface area (Å²) >= 11 is 0. The molecule has 0 radical (unpaired) electrons. The molecule has 0 aliphatic carbocycles. The van der Waals surface area contributed by atoms with Gasteiger partial charge in [0.05, 0.1) is 5.75 Å². The summed E-state index contributed by atoms with van der Waals surface area (Å²) in [5.74, 6) is 0.775. The molecule has 1 aromatic heterocycles. The number of hydrogen-bond donors (Lipinski definition) is 0. The number of rotatable bonds is 5. The van der Waals surface area contributed by atoms with Crippen molar-refractivity contribution < 1.29 is 13.2 Å². The molecule has 8 nitrogen and oxygen atoms in total. The fourth-order valence-corrected chi connectivity index (χ4v) is 6.33. The number of benzene rings is 1. The lowest BCUT2D eigenvalue weighted by Gasteiger charge is -2.49. The lowest BCUT2D eigenvalue weighted by atomic mass is 9.72. The van der Waals surface area contributed by atoms with E-state index in [9.17, 15) is 13.2 Å². The fraction of sp³-hybridized carbons (Fsp3) is 0.571. The van der Waals surface area contributed by atoms with Crippen LogP contribution < -0.4 is 0 Å². The molecule has 0 saturated carbocycles. The van der Waals surface area contributed by atoms with Crippen LogP contribution in [0, 0.1) is 18.3 Å². The third-order valence-electron chi connectivity index (χ3n) is 6.36. The maximum absolute atomic E-state index is 13.0. The largest absolute Gasteiger partial charge is 0.341 e. The molecule has 1 atom stereocenters. The average molecular weight is 432 g/mol.